The predicted molar refractivity (Wildman–Crippen MR) is 59.8 cm³/mol. The molecule has 0 radical (unpaired) electrons. The minimum absolute atomic E-state index is 0.236. The summed E-state index contributed by atoms with van der Waals surface area (Å²) in [5, 5.41) is 8.60. The topological polar surface area (TPSA) is 74.9 Å². The minimum Gasteiger partial charge on any atom is -0.480 e. The van der Waals surface area contributed by atoms with Crippen molar-refractivity contribution in [2.24, 2.45) is 0 Å². The third kappa shape index (κ3) is 2.25. The number of amides is 1. The maximum Gasteiger partial charge on any atom is 0.323 e. The molecule has 0 bridgehead atoms. The monoisotopic (exact) mass is 233 g/mol. The lowest BCUT2D eigenvalue weighted by atomic mass is 10.4. The third-order valence-electron chi connectivity index (χ3n) is 2.30. The number of imidazole rings is 1. The first-order chi connectivity index (χ1) is 8.08. The van der Waals surface area contributed by atoms with Gasteiger partial charge in [-0.15, -0.1) is 0 Å². The number of carbonyl (C=O) groups excluding carboxylic acids is 1. The van der Waals surface area contributed by atoms with Crippen molar-refractivity contribution in [3.8, 4) is 0 Å². The molecular formula is C11H11N3O3. The molecule has 0 saturated carbocycles. The predicted octanol–water partition coefficient (Wildman–Crippen LogP) is 0.491. The summed E-state index contributed by atoms with van der Waals surface area (Å²) in [4.78, 5) is 27.6. The summed E-state index contributed by atoms with van der Waals surface area (Å²) in [5.74, 6) is -1.46. The van der Waals surface area contributed by atoms with Crippen molar-refractivity contribution in [2.45, 2.75) is 0 Å². The van der Waals surface area contributed by atoms with Gasteiger partial charge < -0.3 is 14.4 Å². The first-order valence-corrected chi connectivity index (χ1v) is 4.99. The van der Waals surface area contributed by atoms with Gasteiger partial charge in [-0.2, -0.15) is 0 Å². The van der Waals surface area contributed by atoms with Crippen molar-refractivity contribution >= 4 is 17.5 Å². The van der Waals surface area contributed by atoms with Gasteiger partial charge in [-0.25, -0.2) is 4.98 Å². The number of hydrogen-bond acceptors (Lipinski definition) is 3. The summed E-state index contributed by atoms with van der Waals surface area (Å²) in [7, 11) is 1.43. The van der Waals surface area contributed by atoms with Gasteiger partial charge in [-0.05, 0) is 12.1 Å². The maximum absolute atomic E-state index is 11.8. The Balaban J connectivity index is 2.27. The molecule has 0 spiro atoms. The lowest BCUT2D eigenvalue weighted by Gasteiger charge is -2.11. The zero-order chi connectivity index (χ0) is 12.4. The Morgan fingerprint density at radius 2 is 2.24 bits per heavy atom. The molecular weight excluding hydrogens is 222 g/mol. The number of rotatable bonds is 3. The largest absolute Gasteiger partial charge is 0.480 e. The van der Waals surface area contributed by atoms with Crippen molar-refractivity contribution in [3.63, 3.8) is 0 Å². The first-order valence-electron chi connectivity index (χ1n) is 4.99. The van der Waals surface area contributed by atoms with Gasteiger partial charge >= 0.3 is 5.97 Å². The molecule has 17 heavy (non-hydrogen) atoms. The maximum atomic E-state index is 11.8. The molecule has 88 valence electrons. The molecule has 6 nitrogen and oxygen atoms in total. The Morgan fingerprint density at radius 1 is 1.47 bits per heavy atom. The molecule has 1 N–H and O–H groups in total. The Kier molecular flexibility index (Phi) is 2.78. The molecule has 0 atom stereocenters. The van der Waals surface area contributed by atoms with Gasteiger partial charge in [0.15, 0.2) is 0 Å². The minimum atomic E-state index is -1.05. The van der Waals surface area contributed by atoms with E-state index in [0.29, 0.717) is 5.65 Å². The highest BCUT2D eigenvalue weighted by Gasteiger charge is 2.17. The highest BCUT2D eigenvalue weighted by Crippen LogP contribution is 2.06. The molecule has 0 unspecified atom stereocenters. The number of nitrogens with zero attached hydrogens (tertiary/aromatic N) is 3. The van der Waals surface area contributed by atoms with E-state index >= 15 is 0 Å². The summed E-state index contributed by atoms with van der Waals surface area (Å²) in [6.45, 7) is -0.341. The summed E-state index contributed by atoms with van der Waals surface area (Å²) in [5.41, 5.74) is 0.888. The number of carboxylic acid groups (broad SMARTS) is 1. The molecule has 0 aromatic carbocycles. The van der Waals surface area contributed by atoms with Crippen LogP contribution in [0.1, 0.15) is 10.5 Å². The molecule has 2 aromatic rings. The van der Waals surface area contributed by atoms with Crippen LogP contribution in [0, 0.1) is 0 Å². The van der Waals surface area contributed by atoms with Crippen LogP contribution in [-0.2, 0) is 4.79 Å². The number of pyridine rings is 1. The number of carboxylic acids is 1. The van der Waals surface area contributed by atoms with Crippen LogP contribution in [0.2, 0.25) is 0 Å². The van der Waals surface area contributed by atoms with Crippen LogP contribution in [-0.4, -0.2) is 44.9 Å². The van der Waals surface area contributed by atoms with Crippen molar-refractivity contribution in [1.29, 1.82) is 0 Å². The lowest BCUT2D eigenvalue weighted by Crippen LogP contribution is -2.32. The summed E-state index contributed by atoms with van der Waals surface area (Å²) in [6.07, 6.45) is 3.35. The van der Waals surface area contributed by atoms with E-state index in [2.05, 4.69) is 4.98 Å². The average molecular weight is 233 g/mol. The zero-order valence-corrected chi connectivity index (χ0v) is 9.20. The molecule has 0 aliphatic carbocycles. The molecule has 2 rings (SSSR count). The lowest BCUT2D eigenvalue weighted by molar-refractivity contribution is -0.137. The van der Waals surface area contributed by atoms with Crippen LogP contribution in [0.5, 0.6) is 0 Å². The Morgan fingerprint density at radius 3 is 2.88 bits per heavy atom. The fraction of sp³-hybridized carbons (Fsp3) is 0.182. The second-order valence-electron chi connectivity index (χ2n) is 3.65. The molecule has 0 aliphatic heterocycles. The summed E-state index contributed by atoms with van der Waals surface area (Å²) in [6, 6.07) is 5.41. The first kappa shape index (κ1) is 11.1. The standard InChI is InChI=1S/C11H11N3O3/c1-13(7-10(15)16)11(17)8-6-14-5-3-2-4-9(14)12-8/h2-6H,7H2,1H3,(H,15,16). The number of aromatic nitrogens is 2. The van der Waals surface area contributed by atoms with Crippen molar-refractivity contribution < 1.29 is 14.7 Å². The van der Waals surface area contributed by atoms with E-state index in [4.69, 9.17) is 5.11 Å². The molecule has 1 amide bonds. The van der Waals surface area contributed by atoms with Gasteiger partial charge in [0.05, 0.1) is 0 Å². The molecule has 2 heterocycles. The number of likely N-dealkylation sites (N-methyl/N-ethyl adjacent to an activating group) is 1. The number of aliphatic carboxylic acids is 1. The van der Waals surface area contributed by atoms with Gasteiger partial charge in [-0.1, -0.05) is 6.07 Å². The normalized spacial score (nSPS) is 10.4. The second kappa shape index (κ2) is 4.25. The van der Waals surface area contributed by atoms with Crippen molar-refractivity contribution in [1.82, 2.24) is 14.3 Å². The van der Waals surface area contributed by atoms with E-state index in [9.17, 15) is 9.59 Å². The van der Waals surface area contributed by atoms with E-state index < -0.39 is 11.9 Å². The van der Waals surface area contributed by atoms with Crippen LogP contribution in [0.4, 0.5) is 0 Å². The van der Waals surface area contributed by atoms with E-state index in [0.717, 1.165) is 4.90 Å². The number of carbonyl (C=O) groups is 2. The van der Waals surface area contributed by atoms with Gasteiger partial charge in [0.2, 0.25) is 0 Å². The van der Waals surface area contributed by atoms with E-state index in [-0.39, 0.29) is 12.2 Å². The summed E-state index contributed by atoms with van der Waals surface area (Å²) < 4.78 is 1.71. The summed E-state index contributed by atoms with van der Waals surface area (Å²) >= 11 is 0. The number of hydrogen-bond donors (Lipinski definition) is 1. The third-order valence-corrected chi connectivity index (χ3v) is 2.30. The van der Waals surface area contributed by atoms with Gasteiger partial charge in [0.1, 0.15) is 17.9 Å². The Bertz CT molecular complexity index is 543. The van der Waals surface area contributed by atoms with Gasteiger partial charge in [0.25, 0.3) is 5.91 Å². The van der Waals surface area contributed by atoms with Gasteiger partial charge in [0, 0.05) is 19.4 Å². The quantitative estimate of drug-likeness (QED) is 0.837. The highest BCUT2D eigenvalue weighted by molar-refractivity contribution is 5.94. The van der Waals surface area contributed by atoms with E-state index in [1.807, 2.05) is 12.1 Å². The van der Waals surface area contributed by atoms with Crippen molar-refractivity contribution in [3.05, 3.63) is 36.3 Å². The van der Waals surface area contributed by atoms with E-state index in [1.165, 1.54) is 7.05 Å². The number of fused-ring (bicyclic) bond motifs is 1. The zero-order valence-electron chi connectivity index (χ0n) is 9.20. The average Bonchev–Trinajstić information content (AvgIpc) is 2.70. The molecule has 6 heteroatoms. The van der Waals surface area contributed by atoms with Crippen LogP contribution in [0.25, 0.3) is 5.65 Å². The molecule has 0 fully saturated rings. The fourth-order valence-corrected chi connectivity index (χ4v) is 1.51. The molecule has 0 aliphatic rings. The Hall–Kier alpha value is -2.37. The van der Waals surface area contributed by atoms with Crippen molar-refractivity contribution in [2.75, 3.05) is 13.6 Å². The molecule has 2 aromatic heterocycles. The van der Waals surface area contributed by atoms with Crippen LogP contribution in [0.15, 0.2) is 30.6 Å². The van der Waals surface area contributed by atoms with Crippen LogP contribution >= 0.6 is 0 Å². The Labute approximate surface area is 97.1 Å². The van der Waals surface area contributed by atoms with Gasteiger partial charge in [-0.3, -0.25) is 9.59 Å². The smallest absolute Gasteiger partial charge is 0.323 e. The van der Waals surface area contributed by atoms with Crippen LogP contribution in [0.3, 0.4) is 0 Å². The SMILES string of the molecule is CN(CC(=O)O)C(=O)c1cn2ccccc2n1. The second-order valence-corrected chi connectivity index (χ2v) is 3.65. The molecule has 0 saturated heterocycles. The van der Waals surface area contributed by atoms with Crippen LogP contribution < -0.4 is 0 Å². The van der Waals surface area contributed by atoms with E-state index in [1.54, 1.807) is 22.9 Å². The fourth-order valence-electron chi connectivity index (χ4n) is 1.51. The highest BCUT2D eigenvalue weighted by atomic mass is 16.4.